The molecule has 14 heavy (non-hydrogen) atoms. The Morgan fingerprint density at radius 1 is 1.21 bits per heavy atom. The molecule has 0 aliphatic heterocycles. The number of likely N-dealkylation sites (N-methyl/N-ethyl adjacent to an activating group) is 1. The third-order valence-corrected chi connectivity index (χ3v) is 2.51. The van der Waals surface area contributed by atoms with Crippen LogP contribution in [-0.2, 0) is 0 Å². The Labute approximate surface area is 88.5 Å². The molecule has 0 radical (unpaired) electrons. The number of hydrogen-bond donors (Lipinski definition) is 2. The van der Waals surface area contributed by atoms with Crippen LogP contribution in [0, 0.1) is 0 Å². The minimum Gasteiger partial charge on any atom is -0.393 e. The molecule has 0 amide bonds. The molecule has 3 nitrogen and oxygen atoms in total. The van der Waals surface area contributed by atoms with E-state index < -0.39 is 0 Å². The summed E-state index contributed by atoms with van der Waals surface area (Å²) in [4.78, 5) is 2.39. The molecule has 0 saturated carbocycles. The molecule has 86 valence electrons. The fraction of sp³-hybridized carbons (Fsp3) is 1.00. The van der Waals surface area contributed by atoms with Gasteiger partial charge in [0.05, 0.1) is 6.10 Å². The first-order valence-corrected chi connectivity index (χ1v) is 5.73. The SMILES string of the molecule is CCN(CC)CCNC(C)CC(C)O. The third-order valence-electron chi connectivity index (χ3n) is 2.51. The molecule has 0 bridgehead atoms. The maximum atomic E-state index is 9.17. The minimum absolute atomic E-state index is 0.203. The van der Waals surface area contributed by atoms with Crippen LogP contribution in [0.3, 0.4) is 0 Å². The Morgan fingerprint density at radius 2 is 1.79 bits per heavy atom. The van der Waals surface area contributed by atoms with Gasteiger partial charge in [-0.25, -0.2) is 0 Å². The summed E-state index contributed by atoms with van der Waals surface area (Å²) in [7, 11) is 0. The van der Waals surface area contributed by atoms with Gasteiger partial charge in [0.15, 0.2) is 0 Å². The van der Waals surface area contributed by atoms with Gasteiger partial charge in [0.1, 0.15) is 0 Å². The summed E-state index contributed by atoms with van der Waals surface area (Å²) < 4.78 is 0. The summed E-state index contributed by atoms with van der Waals surface area (Å²) >= 11 is 0. The van der Waals surface area contributed by atoms with Crippen molar-refractivity contribution in [2.75, 3.05) is 26.2 Å². The van der Waals surface area contributed by atoms with Crippen molar-refractivity contribution in [2.24, 2.45) is 0 Å². The second-order valence-electron chi connectivity index (χ2n) is 3.97. The van der Waals surface area contributed by atoms with E-state index in [9.17, 15) is 5.11 Å². The lowest BCUT2D eigenvalue weighted by Crippen LogP contribution is -2.37. The van der Waals surface area contributed by atoms with Gasteiger partial charge in [0, 0.05) is 19.1 Å². The van der Waals surface area contributed by atoms with E-state index in [0.29, 0.717) is 6.04 Å². The van der Waals surface area contributed by atoms with Crippen LogP contribution >= 0.6 is 0 Å². The zero-order valence-corrected chi connectivity index (χ0v) is 10.1. The van der Waals surface area contributed by atoms with Crippen LogP contribution in [0.1, 0.15) is 34.1 Å². The van der Waals surface area contributed by atoms with Crippen LogP contribution in [-0.4, -0.2) is 48.3 Å². The highest BCUT2D eigenvalue weighted by atomic mass is 16.3. The van der Waals surface area contributed by atoms with Crippen molar-refractivity contribution >= 4 is 0 Å². The zero-order valence-electron chi connectivity index (χ0n) is 10.1. The molecule has 0 heterocycles. The molecule has 3 heteroatoms. The van der Waals surface area contributed by atoms with Gasteiger partial charge in [-0.3, -0.25) is 0 Å². The van der Waals surface area contributed by atoms with E-state index in [4.69, 9.17) is 0 Å². The van der Waals surface area contributed by atoms with Crippen LogP contribution in [0.5, 0.6) is 0 Å². The van der Waals surface area contributed by atoms with E-state index in [-0.39, 0.29) is 6.10 Å². The van der Waals surface area contributed by atoms with E-state index in [2.05, 4.69) is 31.0 Å². The number of aliphatic hydroxyl groups excluding tert-OH is 1. The van der Waals surface area contributed by atoms with Gasteiger partial charge in [-0.2, -0.15) is 0 Å². The maximum Gasteiger partial charge on any atom is 0.0526 e. The van der Waals surface area contributed by atoms with Gasteiger partial charge < -0.3 is 15.3 Å². The van der Waals surface area contributed by atoms with Crippen molar-refractivity contribution in [3.05, 3.63) is 0 Å². The Balaban J connectivity index is 3.42. The average molecular weight is 202 g/mol. The molecule has 2 atom stereocenters. The highest BCUT2D eigenvalue weighted by Gasteiger charge is 2.05. The number of nitrogens with zero attached hydrogens (tertiary/aromatic N) is 1. The predicted octanol–water partition coefficient (Wildman–Crippen LogP) is 1.08. The molecule has 0 fully saturated rings. The first-order valence-electron chi connectivity index (χ1n) is 5.73. The zero-order chi connectivity index (χ0) is 11.0. The molecule has 2 unspecified atom stereocenters. The largest absolute Gasteiger partial charge is 0.393 e. The predicted molar refractivity (Wildman–Crippen MR) is 61.6 cm³/mol. The molecule has 0 aromatic rings. The van der Waals surface area contributed by atoms with Crippen molar-refractivity contribution in [2.45, 2.75) is 46.3 Å². The second kappa shape index (κ2) is 8.21. The van der Waals surface area contributed by atoms with E-state index in [1.807, 2.05) is 6.92 Å². The molecule has 0 saturated heterocycles. The van der Waals surface area contributed by atoms with Gasteiger partial charge in [0.2, 0.25) is 0 Å². The summed E-state index contributed by atoms with van der Waals surface area (Å²) in [5, 5.41) is 12.6. The summed E-state index contributed by atoms with van der Waals surface area (Å²) in [6.07, 6.45) is 0.629. The molecule has 0 aliphatic rings. The summed E-state index contributed by atoms with van der Waals surface area (Å²) in [6.45, 7) is 12.7. The van der Waals surface area contributed by atoms with Gasteiger partial charge in [-0.05, 0) is 33.4 Å². The number of nitrogens with one attached hydrogen (secondary N) is 1. The molecule has 0 aromatic carbocycles. The van der Waals surface area contributed by atoms with Gasteiger partial charge in [-0.1, -0.05) is 13.8 Å². The topological polar surface area (TPSA) is 35.5 Å². The standard InChI is InChI=1S/C11H26N2O/c1-5-13(6-2)8-7-12-10(3)9-11(4)14/h10-12,14H,5-9H2,1-4H3. The minimum atomic E-state index is -0.203. The Kier molecular flexibility index (Phi) is 8.14. The average Bonchev–Trinajstić information content (AvgIpc) is 2.11. The lowest BCUT2D eigenvalue weighted by Gasteiger charge is -2.20. The van der Waals surface area contributed by atoms with Crippen LogP contribution in [0.25, 0.3) is 0 Å². The molecule has 0 aromatic heterocycles. The van der Waals surface area contributed by atoms with Crippen LogP contribution in [0.2, 0.25) is 0 Å². The van der Waals surface area contributed by atoms with Gasteiger partial charge in [-0.15, -0.1) is 0 Å². The Morgan fingerprint density at radius 3 is 2.21 bits per heavy atom. The maximum absolute atomic E-state index is 9.17. The normalized spacial score (nSPS) is 15.9. The monoisotopic (exact) mass is 202 g/mol. The summed E-state index contributed by atoms with van der Waals surface area (Å²) in [5.41, 5.74) is 0. The van der Waals surface area contributed by atoms with Crippen LogP contribution < -0.4 is 5.32 Å². The Bertz CT molecular complexity index is 124. The van der Waals surface area contributed by atoms with Crippen molar-refractivity contribution in [1.82, 2.24) is 10.2 Å². The van der Waals surface area contributed by atoms with Crippen LogP contribution in [0.15, 0.2) is 0 Å². The lowest BCUT2D eigenvalue weighted by atomic mass is 10.1. The van der Waals surface area contributed by atoms with E-state index >= 15 is 0 Å². The first-order chi connectivity index (χ1) is 6.60. The fourth-order valence-electron chi connectivity index (χ4n) is 1.60. The highest BCUT2D eigenvalue weighted by Crippen LogP contribution is 1.96. The summed E-state index contributed by atoms with van der Waals surface area (Å²) in [5.74, 6) is 0. The van der Waals surface area contributed by atoms with Crippen molar-refractivity contribution < 1.29 is 5.11 Å². The molecule has 2 N–H and O–H groups in total. The highest BCUT2D eigenvalue weighted by molar-refractivity contribution is 4.65. The van der Waals surface area contributed by atoms with Crippen molar-refractivity contribution in [3.63, 3.8) is 0 Å². The molecular formula is C11H26N2O. The second-order valence-corrected chi connectivity index (χ2v) is 3.97. The fourth-order valence-corrected chi connectivity index (χ4v) is 1.60. The number of rotatable bonds is 8. The van der Waals surface area contributed by atoms with E-state index in [1.165, 1.54) is 0 Å². The molecule has 0 rings (SSSR count). The Hall–Kier alpha value is -0.120. The van der Waals surface area contributed by atoms with Gasteiger partial charge in [0.25, 0.3) is 0 Å². The van der Waals surface area contributed by atoms with E-state index in [1.54, 1.807) is 0 Å². The summed E-state index contributed by atoms with van der Waals surface area (Å²) in [6, 6.07) is 0.408. The van der Waals surface area contributed by atoms with Crippen molar-refractivity contribution in [3.8, 4) is 0 Å². The molecule has 0 aliphatic carbocycles. The third kappa shape index (κ3) is 7.30. The van der Waals surface area contributed by atoms with Crippen LogP contribution in [0.4, 0.5) is 0 Å². The number of aliphatic hydroxyl groups is 1. The van der Waals surface area contributed by atoms with Crippen molar-refractivity contribution in [1.29, 1.82) is 0 Å². The quantitative estimate of drug-likeness (QED) is 0.618. The van der Waals surface area contributed by atoms with E-state index in [0.717, 1.165) is 32.6 Å². The molecule has 0 spiro atoms. The first kappa shape index (κ1) is 13.9. The smallest absolute Gasteiger partial charge is 0.0526 e. The number of hydrogen-bond acceptors (Lipinski definition) is 3. The van der Waals surface area contributed by atoms with Gasteiger partial charge >= 0.3 is 0 Å². The molecular weight excluding hydrogens is 176 g/mol. The lowest BCUT2D eigenvalue weighted by molar-refractivity contribution is 0.169.